The summed E-state index contributed by atoms with van der Waals surface area (Å²) in [6.07, 6.45) is 22.5. The summed E-state index contributed by atoms with van der Waals surface area (Å²) in [6, 6.07) is 0. The van der Waals surface area contributed by atoms with Crippen LogP contribution in [0.3, 0.4) is 0 Å². The SMILES string of the molecule is O=C(CCCC(=O)CC1CCCCC2CCCCC2C1)CC1CCCCC1. The Labute approximate surface area is 167 Å². The van der Waals surface area contributed by atoms with Gasteiger partial charge in [-0.3, -0.25) is 9.59 Å². The van der Waals surface area contributed by atoms with Crippen molar-refractivity contribution in [1.29, 1.82) is 0 Å². The Morgan fingerprint density at radius 1 is 0.556 bits per heavy atom. The Balaban J connectivity index is 1.33. The maximum atomic E-state index is 12.5. The van der Waals surface area contributed by atoms with Crippen molar-refractivity contribution in [1.82, 2.24) is 0 Å². The molecule has 2 heteroatoms. The molecule has 154 valence electrons. The molecule has 0 aliphatic heterocycles. The summed E-state index contributed by atoms with van der Waals surface area (Å²) in [7, 11) is 0. The van der Waals surface area contributed by atoms with Gasteiger partial charge < -0.3 is 0 Å². The Bertz CT molecular complexity index is 463. The van der Waals surface area contributed by atoms with E-state index >= 15 is 0 Å². The van der Waals surface area contributed by atoms with E-state index in [2.05, 4.69) is 0 Å². The predicted molar refractivity (Wildman–Crippen MR) is 112 cm³/mol. The highest BCUT2D eigenvalue weighted by molar-refractivity contribution is 5.81. The second kappa shape index (κ2) is 11.4. The maximum absolute atomic E-state index is 12.5. The van der Waals surface area contributed by atoms with Crippen molar-refractivity contribution in [3.8, 4) is 0 Å². The minimum absolute atomic E-state index is 0.408. The minimum atomic E-state index is 0.408. The monoisotopic (exact) mass is 374 g/mol. The lowest BCUT2D eigenvalue weighted by atomic mass is 9.70. The van der Waals surface area contributed by atoms with E-state index < -0.39 is 0 Å². The minimum Gasteiger partial charge on any atom is -0.300 e. The first-order valence-corrected chi connectivity index (χ1v) is 12.2. The lowest BCUT2D eigenvalue weighted by Gasteiger charge is -2.36. The zero-order chi connectivity index (χ0) is 18.9. The van der Waals surface area contributed by atoms with Crippen LogP contribution in [0.4, 0.5) is 0 Å². The Morgan fingerprint density at radius 3 is 1.70 bits per heavy atom. The van der Waals surface area contributed by atoms with Gasteiger partial charge in [0.25, 0.3) is 0 Å². The number of hydrogen-bond acceptors (Lipinski definition) is 2. The van der Waals surface area contributed by atoms with Crippen LogP contribution >= 0.6 is 0 Å². The van der Waals surface area contributed by atoms with Crippen LogP contribution in [0.2, 0.25) is 0 Å². The highest BCUT2D eigenvalue weighted by Gasteiger charge is 2.29. The van der Waals surface area contributed by atoms with E-state index in [4.69, 9.17) is 0 Å². The molecule has 3 rings (SSSR count). The molecule has 2 nitrogen and oxygen atoms in total. The third-order valence-electron chi connectivity index (χ3n) is 7.81. The highest BCUT2D eigenvalue weighted by atomic mass is 16.1. The zero-order valence-electron chi connectivity index (χ0n) is 17.6. The normalized spacial score (nSPS) is 30.1. The van der Waals surface area contributed by atoms with E-state index in [1.165, 1.54) is 89.9 Å². The van der Waals surface area contributed by atoms with Crippen LogP contribution < -0.4 is 0 Å². The van der Waals surface area contributed by atoms with Crippen molar-refractivity contribution in [3.05, 3.63) is 0 Å². The predicted octanol–water partition coefficient (Wildman–Crippen LogP) is 7.04. The van der Waals surface area contributed by atoms with Crippen LogP contribution in [-0.2, 0) is 9.59 Å². The molecule has 3 atom stereocenters. The average molecular weight is 375 g/mol. The number of fused-ring (bicyclic) bond motifs is 1. The molecule has 0 radical (unpaired) electrons. The Hall–Kier alpha value is -0.660. The van der Waals surface area contributed by atoms with Gasteiger partial charge in [-0.2, -0.15) is 0 Å². The summed E-state index contributed by atoms with van der Waals surface area (Å²) in [4.78, 5) is 24.7. The number of rotatable bonds is 8. The quantitative estimate of drug-likeness (QED) is 0.456. The van der Waals surface area contributed by atoms with Gasteiger partial charge in [0.1, 0.15) is 11.6 Å². The van der Waals surface area contributed by atoms with Crippen molar-refractivity contribution in [2.75, 3.05) is 0 Å². The highest BCUT2D eigenvalue weighted by Crippen LogP contribution is 2.41. The van der Waals surface area contributed by atoms with Crippen LogP contribution in [0, 0.1) is 23.7 Å². The number of ketones is 2. The lowest BCUT2D eigenvalue weighted by molar-refractivity contribution is -0.121. The summed E-state index contributed by atoms with van der Waals surface area (Å²) in [5.74, 6) is 3.95. The third-order valence-corrected chi connectivity index (χ3v) is 7.81. The maximum Gasteiger partial charge on any atom is 0.133 e. The fourth-order valence-electron chi connectivity index (χ4n) is 6.27. The summed E-state index contributed by atoms with van der Waals surface area (Å²) in [5.41, 5.74) is 0. The average Bonchev–Trinajstić information content (AvgIpc) is 2.65. The molecular weight excluding hydrogens is 332 g/mol. The van der Waals surface area contributed by atoms with E-state index in [1.807, 2.05) is 0 Å². The van der Waals surface area contributed by atoms with Gasteiger partial charge in [-0.15, -0.1) is 0 Å². The third kappa shape index (κ3) is 7.35. The molecule has 3 unspecified atom stereocenters. The van der Waals surface area contributed by atoms with Gasteiger partial charge in [0.05, 0.1) is 0 Å². The molecule has 0 aromatic rings. The van der Waals surface area contributed by atoms with Gasteiger partial charge in [-0.25, -0.2) is 0 Å². The fourth-order valence-corrected chi connectivity index (χ4v) is 6.27. The first kappa shape index (κ1) is 21.1. The number of hydrogen-bond donors (Lipinski definition) is 0. The van der Waals surface area contributed by atoms with E-state index in [-0.39, 0.29) is 0 Å². The van der Waals surface area contributed by atoms with E-state index in [0.29, 0.717) is 36.2 Å². The van der Waals surface area contributed by atoms with Crippen LogP contribution in [0.15, 0.2) is 0 Å². The van der Waals surface area contributed by atoms with E-state index in [0.717, 1.165) is 31.1 Å². The summed E-state index contributed by atoms with van der Waals surface area (Å²) < 4.78 is 0. The van der Waals surface area contributed by atoms with Crippen LogP contribution in [0.25, 0.3) is 0 Å². The molecule has 0 amide bonds. The van der Waals surface area contributed by atoms with Gasteiger partial charge in [-0.05, 0) is 36.5 Å². The lowest BCUT2D eigenvalue weighted by Crippen LogP contribution is -2.25. The molecular formula is C25H42O2. The number of Topliss-reactive ketones (excluding diaryl/α,β-unsaturated/α-hetero) is 2. The molecule has 0 heterocycles. The molecule has 3 aliphatic carbocycles. The van der Waals surface area contributed by atoms with Gasteiger partial charge in [0.15, 0.2) is 0 Å². The molecule has 0 aromatic heterocycles. The molecule has 3 fully saturated rings. The number of carbonyl (C=O) groups excluding carboxylic acids is 2. The number of carbonyl (C=O) groups is 2. The van der Waals surface area contributed by atoms with Gasteiger partial charge in [-0.1, -0.05) is 83.5 Å². The van der Waals surface area contributed by atoms with Crippen molar-refractivity contribution in [2.24, 2.45) is 23.7 Å². The van der Waals surface area contributed by atoms with Crippen molar-refractivity contribution < 1.29 is 9.59 Å². The summed E-state index contributed by atoms with van der Waals surface area (Å²) in [5, 5.41) is 0. The molecule has 0 spiro atoms. The van der Waals surface area contributed by atoms with E-state index in [1.54, 1.807) is 0 Å². The summed E-state index contributed by atoms with van der Waals surface area (Å²) >= 11 is 0. The first-order valence-electron chi connectivity index (χ1n) is 12.2. The summed E-state index contributed by atoms with van der Waals surface area (Å²) in [6.45, 7) is 0. The van der Waals surface area contributed by atoms with Gasteiger partial charge >= 0.3 is 0 Å². The van der Waals surface area contributed by atoms with Gasteiger partial charge in [0, 0.05) is 25.7 Å². The van der Waals surface area contributed by atoms with Crippen molar-refractivity contribution in [3.63, 3.8) is 0 Å². The first-order chi connectivity index (χ1) is 13.2. The van der Waals surface area contributed by atoms with Crippen LogP contribution in [0.1, 0.15) is 122 Å². The molecule has 0 bridgehead atoms. The second-order valence-electron chi connectivity index (χ2n) is 10.0. The van der Waals surface area contributed by atoms with Crippen LogP contribution in [-0.4, -0.2) is 11.6 Å². The Morgan fingerprint density at radius 2 is 1.04 bits per heavy atom. The fraction of sp³-hybridized carbons (Fsp3) is 0.920. The largest absolute Gasteiger partial charge is 0.300 e. The van der Waals surface area contributed by atoms with Gasteiger partial charge in [0.2, 0.25) is 0 Å². The second-order valence-corrected chi connectivity index (χ2v) is 10.0. The molecule has 27 heavy (non-hydrogen) atoms. The molecule has 3 aliphatic rings. The molecule has 3 saturated carbocycles. The van der Waals surface area contributed by atoms with E-state index in [9.17, 15) is 9.59 Å². The van der Waals surface area contributed by atoms with Crippen LogP contribution in [0.5, 0.6) is 0 Å². The van der Waals surface area contributed by atoms with Crippen molar-refractivity contribution in [2.45, 2.75) is 122 Å². The smallest absolute Gasteiger partial charge is 0.133 e. The topological polar surface area (TPSA) is 34.1 Å². The molecule has 0 N–H and O–H groups in total. The standard InChI is InChI=1S/C25H42O2/c26-24(18-20-9-2-1-3-10-20)15-8-16-25(27)19-21-11-4-5-12-22-13-6-7-14-23(22)17-21/h20-23H,1-19H2. The molecule has 0 aromatic carbocycles. The molecule has 0 saturated heterocycles. The zero-order valence-corrected chi connectivity index (χ0v) is 17.6. The Kier molecular flexibility index (Phi) is 8.87. The van der Waals surface area contributed by atoms with Crippen molar-refractivity contribution >= 4 is 11.6 Å².